The third kappa shape index (κ3) is 9.31. The summed E-state index contributed by atoms with van der Waals surface area (Å²) >= 11 is 1.55. The monoisotopic (exact) mass is 448 g/mol. The van der Waals surface area contributed by atoms with Crippen LogP contribution in [0.3, 0.4) is 0 Å². The lowest BCUT2D eigenvalue weighted by Crippen LogP contribution is -2.59. The van der Waals surface area contributed by atoms with Crippen molar-refractivity contribution in [1.29, 1.82) is 0 Å². The number of carboxylic acids is 1. The molecule has 0 bridgehead atoms. The van der Waals surface area contributed by atoms with Crippen LogP contribution in [0, 0.1) is 11.8 Å². The Morgan fingerprint density at radius 3 is 1.97 bits per heavy atom. The smallest absolute Gasteiger partial charge is 0.326 e. The molecule has 11 heteroatoms. The quantitative estimate of drug-likeness (QED) is 0.202. The van der Waals surface area contributed by atoms with Crippen molar-refractivity contribution in [3.63, 3.8) is 0 Å². The molecule has 0 aliphatic carbocycles. The lowest BCUT2D eigenvalue weighted by atomic mass is 9.99. The predicted molar refractivity (Wildman–Crippen MR) is 116 cm³/mol. The van der Waals surface area contributed by atoms with Crippen LogP contribution >= 0.6 is 11.8 Å². The summed E-state index contributed by atoms with van der Waals surface area (Å²) in [5, 5.41) is 26.2. The molecule has 0 aromatic carbocycles. The predicted octanol–water partition coefficient (Wildman–Crippen LogP) is -0.700. The Balaban J connectivity index is 5.15. The maximum atomic E-state index is 12.7. The molecule has 0 aromatic rings. The van der Waals surface area contributed by atoms with Gasteiger partial charge >= 0.3 is 5.97 Å². The zero-order valence-electron chi connectivity index (χ0n) is 18.3. The summed E-state index contributed by atoms with van der Waals surface area (Å²) in [6.07, 6.45) is 2.87. The van der Waals surface area contributed by atoms with Crippen molar-refractivity contribution in [2.75, 3.05) is 18.6 Å². The lowest BCUT2D eigenvalue weighted by molar-refractivity contribution is -0.144. The fourth-order valence-electron chi connectivity index (χ4n) is 2.56. The normalized spacial score (nSPS) is 16.1. The first-order chi connectivity index (χ1) is 14.0. The van der Waals surface area contributed by atoms with Crippen LogP contribution in [0.1, 0.15) is 40.5 Å². The summed E-state index contributed by atoms with van der Waals surface area (Å²) in [6.45, 7) is 6.18. The zero-order chi connectivity index (χ0) is 23.4. The Kier molecular flexibility index (Phi) is 13.3. The van der Waals surface area contributed by atoms with E-state index >= 15 is 0 Å². The summed E-state index contributed by atoms with van der Waals surface area (Å²) in [4.78, 5) is 48.8. The summed E-state index contributed by atoms with van der Waals surface area (Å²) < 4.78 is 0. The minimum atomic E-state index is -1.35. The van der Waals surface area contributed by atoms with Crippen LogP contribution in [0.15, 0.2) is 0 Å². The van der Waals surface area contributed by atoms with Crippen molar-refractivity contribution in [3.8, 4) is 0 Å². The summed E-state index contributed by atoms with van der Waals surface area (Å²) in [5.41, 5.74) is 5.84. The van der Waals surface area contributed by atoms with Crippen molar-refractivity contribution in [2.24, 2.45) is 17.6 Å². The van der Waals surface area contributed by atoms with Gasteiger partial charge in [0.15, 0.2) is 0 Å². The number of nitrogens with one attached hydrogen (secondary N) is 3. The van der Waals surface area contributed by atoms with Gasteiger partial charge in [0.2, 0.25) is 17.7 Å². The second-order valence-corrected chi connectivity index (χ2v) is 8.56. The van der Waals surface area contributed by atoms with Gasteiger partial charge in [-0.3, -0.25) is 14.4 Å². The zero-order valence-corrected chi connectivity index (χ0v) is 19.1. The van der Waals surface area contributed by atoms with Gasteiger partial charge in [-0.2, -0.15) is 11.8 Å². The molecule has 5 atom stereocenters. The number of carbonyl (C=O) groups is 4. The molecule has 3 amide bonds. The Morgan fingerprint density at radius 1 is 0.967 bits per heavy atom. The Hall–Kier alpha value is -1.85. The van der Waals surface area contributed by atoms with E-state index < -0.39 is 54.5 Å². The van der Waals surface area contributed by atoms with Gasteiger partial charge in [-0.25, -0.2) is 4.79 Å². The van der Waals surface area contributed by atoms with Crippen LogP contribution in [0.5, 0.6) is 0 Å². The van der Waals surface area contributed by atoms with Crippen LogP contribution in [0.4, 0.5) is 0 Å². The molecule has 174 valence electrons. The van der Waals surface area contributed by atoms with Crippen LogP contribution in [-0.2, 0) is 19.2 Å². The molecule has 7 N–H and O–H groups in total. The van der Waals surface area contributed by atoms with E-state index in [0.29, 0.717) is 18.6 Å². The van der Waals surface area contributed by atoms with Crippen molar-refractivity contribution in [2.45, 2.75) is 64.7 Å². The van der Waals surface area contributed by atoms with E-state index in [-0.39, 0.29) is 11.8 Å². The molecule has 0 aliphatic rings. The minimum absolute atomic E-state index is 0.309. The first-order valence-electron chi connectivity index (χ1n) is 9.99. The number of hydrogen-bond donors (Lipinski definition) is 6. The summed E-state index contributed by atoms with van der Waals surface area (Å²) in [6, 6.07) is -4.24. The number of amides is 3. The Labute approximate surface area is 182 Å². The second kappa shape index (κ2) is 14.2. The van der Waals surface area contributed by atoms with E-state index in [1.165, 1.54) is 0 Å². The van der Waals surface area contributed by atoms with Gasteiger partial charge in [0, 0.05) is 0 Å². The van der Waals surface area contributed by atoms with E-state index in [1.807, 2.05) is 6.26 Å². The molecule has 0 aromatic heterocycles. The standard InChI is InChI=1S/C19H36N4O6S/c1-6-11(4)15(19(28)29)23-17(26)13(9-24)21-18(27)14(10(2)3)22-16(25)12(20)7-8-30-5/h10-15,24H,6-9,20H2,1-5H3,(H,21,27)(H,22,25)(H,23,26)(H,28,29). The fraction of sp³-hybridized carbons (Fsp3) is 0.789. The van der Waals surface area contributed by atoms with Gasteiger partial charge in [0.25, 0.3) is 0 Å². The molecule has 0 aliphatic heterocycles. The van der Waals surface area contributed by atoms with Gasteiger partial charge in [-0.1, -0.05) is 34.1 Å². The highest BCUT2D eigenvalue weighted by Gasteiger charge is 2.32. The van der Waals surface area contributed by atoms with Crippen molar-refractivity contribution < 1.29 is 29.4 Å². The van der Waals surface area contributed by atoms with E-state index in [0.717, 1.165) is 0 Å². The van der Waals surface area contributed by atoms with Crippen molar-refractivity contribution in [1.82, 2.24) is 16.0 Å². The molecule has 10 nitrogen and oxygen atoms in total. The second-order valence-electron chi connectivity index (χ2n) is 7.57. The number of aliphatic hydroxyl groups is 1. The maximum absolute atomic E-state index is 12.7. The molecule has 0 saturated carbocycles. The van der Waals surface area contributed by atoms with Gasteiger partial charge < -0.3 is 31.9 Å². The van der Waals surface area contributed by atoms with Gasteiger partial charge in [0.05, 0.1) is 12.6 Å². The van der Waals surface area contributed by atoms with E-state index in [1.54, 1.807) is 39.5 Å². The SMILES string of the molecule is CCC(C)C(NC(=O)C(CO)NC(=O)C(NC(=O)C(N)CCSC)C(C)C)C(=O)O. The third-order valence-corrected chi connectivity index (χ3v) is 5.45. The number of carboxylic acid groups (broad SMARTS) is 1. The number of rotatable bonds is 14. The number of carbonyl (C=O) groups excluding carboxylic acids is 3. The number of hydrogen-bond acceptors (Lipinski definition) is 7. The van der Waals surface area contributed by atoms with E-state index in [4.69, 9.17) is 5.73 Å². The minimum Gasteiger partial charge on any atom is -0.480 e. The molecule has 0 rings (SSSR count). The van der Waals surface area contributed by atoms with Crippen molar-refractivity contribution >= 4 is 35.5 Å². The van der Waals surface area contributed by atoms with Crippen LogP contribution in [0.25, 0.3) is 0 Å². The first kappa shape index (κ1) is 28.1. The van der Waals surface area contributed by atoms with Crippen LogP contribution in [0.2, 0.25) is 0 Å². The molecule has 0 fully saturated rings. The number of nitrogens with two attached hydrogens (primary N) is 1. The average molecular weight is 449 g/mol. The Morgan fingerprint density at radius 2 is 1.53 bits per heavy atom. The average Bonchev–Trinajstić information content (AvgIpc) is 2.70. The molecule has 0 spiro atoms. The molecule has 0 heterocycles. The highest BCUT2D eigenvalue weighted by Crippen LogP contribution is 2.09. The van der Waals surface area contributed by atoms with Gasteiger partial charge in [-0.15, -0.1) is 0 Å². The van der Waals surface area contributed by atoms with Gasteiger partial charge in [0.1, 0.15) is 18.1 Å². The number of aliphatic carboxylic acids is 1. The summed E-state index contributed by atoms with van der Waals surface area (Å²) in [5.74, 6) is -3.12. The molecule has 0 saturated heterocycles. The van der Waals surface area contributed by atoms with E-state index in [2.05, 4.69) is 16.0 Å². The molecule has 0 radical (unpaired) electrons. The third-order valence-electron chi connectivity index (χ3n) is 4.81. The topological polar surface area (TPSA) is 171 Å². The molecule has 30 heavy (non-hydrogen) atoms. The highest BCUT2D eigenvalue weighted by atomic mass is 32.2. The molecular weight excluding hydrogens is 412 g/mol. The van der Waals surface area contributed by atoms with Gasteiger partial charge in [-0.05, 0) is 30.3 Å². The lowest BCUT2D eigenvalue weighted by Gasteiger charge is -2.27. The highest BCUT2D eigenvalue weighted by molar-refractivity contribution is 7.98. The van der Waals surface area contributed by atoms with Crippen LogP contribution in [-0.4, -0.2) is 76.7 Å². The van der Waals surface area contributed by atoms with E-state index in [9.17, 15) is 29.4 Å². The van der Waals surface area contributed by atoms with Crippen LogP contribution < -0.4 is 21.7 Å². The number of thioether (sulfide) groups is 1. The first-order valence-corrected chi connectivity index (χ1v) is 11.4. The molecule has 5 unspecified atom stereocenters. The number of aliphatic hydroxyl groups excluding tert-OH is 1. The largest absolute Gasteiger partial charge is 0.480 e. The van der Waals surface area contributed by atoms with Crippen molar-refractivity contribution in [3.05, 3.63) is 0 Å². The molecular formula is C19H36N4O6S. The maximum Gasteiger partial charge on any atom is 0.326 e. The fourth-order valence-corrected chi connectivity index (χ4v) is 3.05. The summed E-state index contributed by atoms with van der Waals surface area (Å²) in [7, 11) is 0. The Bertz CT molecular complexity index is 589.